The number of urea groups is 1. The molecule has 0 radical (unpaired) electrons. The highest BCUT2D eigenvalue weighted by Gasteiger charge is 2.22. The van der Waals surface area contributed by atoms with Gasteiger partial charge in [-0.2, -0.15) is 0 Å². The lowest BCUT2D eigenvalue weighted by Crippen LogP contribution is -2.51. The van der Waals surface area contributed by atoms with Crippen molar-refractivity contribution in [1.82, 2.24) is 9.80 Å². The SMILES string of the molecule is O=C(O)CN1CCN(C(=O)Nc2ccc(Cl)cc2F)CC1. The molecule has 0 spiro atoms. The third-order valence-corrected chi connectivity index (χ3v) is 3.43. The van der Waals surface area contributed by atoms with Crippen LogP contribution in [0.1, 0.15) is 0 Å². The maximum Gasteiger partial charge on any atom is 0.322 e. The number of hydrogen-bond donors (Lipinski definition) is 2. The van der Waals surface area contributed by atoms with Gasteiger partial charge in [0.2, 0.25) is 0 Å². The van der Waals surface area contributed by atoms with Gasteiger partial charge in [0.25, 0.3) is 0 Å². The molecule has 1 aliphatic rings. The van der Waals surface area contributed by atoms with Crippen LogP contribution in [0, 0.1) is 5.82 Å². The minimum absolute atomic E-state index is 0.0404. The Hall–Kier alpha value is -1.86. The Bertz CT molecular complexity index is 547. The number of carboxylic acids is 1. The van der Waals surface area contributed by atoms with Crippen LogP contribution in [0.2, 0.25) is 5.02 Å². The zero-order chi connectivity index (χ0) is 15.4. The highest BCUT2D eigenvalue weighted by molar-refractivity contribution is 6.30. The Balaban J connectivity index is 1.89. The molecule has 0 saturated carbocycles. The fourth-order valence-corrected chi connectivity index (χ4v) is 2.24. The van der Waals surface area contributed by atoms with E-state index in [9.17, 15) is 14.0 Å². The maximum atomic E-state index is 13.6. The van der Waals surface area contributed by atoms with Crippen LogP contribution >= 0.6 is 11.6 Å². The first-order valence-electron chi connectivity index (χ1n) is 6.41. The number of hydrogen-bond acceptors (Lipinski definition) is 3. The van der Waals surface area contributed by atoms with E-state index in [1.807, 2.05) is 0 Å². The number of carbonyl (C=O) groups excluding carboxylic acids is 1. The van der Waals surface area contributed by atoms with Gasteiger partial charge in [0.1, 0.15) is 5.82 Å². The molecule has 1 saturated heterocycles. The Kier molecular flexibility index (Phi) is 4.98. The fourth-order valence-electron chi connectivity index (χ4n) is 2.09. The lowest BCUT2D eigenvalue weighted by atomic mass is 10.3. The van der Waals surface area contributed by atoms with Crippen LogP contribution in [0.4, 0.5) is 14.9 Å². The Morgan fingerprint density at radius 2 is 1.95 bits per heavy atom. The van der Waals surface area contributed by atoms with Crippen molar-refractivity contribution in [3.8, 4) is 0 Å². The number of nitrogens with zero attached hydrogens (tertiary/aromatic N) is 2. The number of aliphatic carboxylic acids is 1. The van der Waals surface area contributed by atoms with Gasteiger partial charge >= 0.3 is 12.0 Å². The molecule has 0 aromatic heterocycles. The second-order valence-corrected chi connectivity index (χ2v) is 5.15. The van der Waals surface area contributed by atoms with Crippen LogP contribution in [0.25, 0.3) is 0 Å². The molecular weight excluding hydrogens is 301 g/mol. The molecule has 1 heterocycles. The van der Waals surface area contributed by atoms with Crippen molar-refractivity contribution in [3.05, 3.63) is 29.0 Å². The van der Waals surface area contributed by atoms with E-state index in [2.05, 4.69) is 5.32 Å². The molecule has 2 amide bonds. The number of rotatable bonds is 3. The first-order valence-corrected chi connectivity index (χ1v) is 6.78. The van der Waals surface area contributed by atoms with E-state index in [1.165, 1.54) is 17.0 Å². The molecule has 1 aliphatic heterocycles. The molecule has 2 rings (SSSR count). The van der Waals surface area contributed by atoms with Crippen LogP contribution in [0.3, 0.4) is 0 Å². The van der Waals surface area contributed by atoms with Gasteiger partial charge in [-0.3, -0.25) is 9.69 Å². The van der Waals surface area contributed by atoms with Crippen LogP contribution in [0.15, 0.2) is 18.2 Å². The minimum atomic E-state index is -0.892. The van der Waals surface area contributed by atoms with Crippen molar-refractivity contribution >= 4 is 29.3 Å². The van der Waals surface area contributed by atoms with Crippen molar-refractivity contribution in [2.75, 3.05) is 38.0 Å². The molecule has 0 bridgehead atoms. The largest absolute Gasteiger partial charge is 0.480 e. The Morgan fingerprint density at radius 3 is 2.52 bits per heavy atom. The number of anilines is 1. The molecule has 8 heteroatoms. The van der Waals surface area contributed by atoms with Gasteiger partial charge in [0.05, 0.1) is 12.2 Å². The lowest BCUT2D eigenvalue weighted by Gasteiger charge is -2.33. The summed E-state index contributed by atoms with van der Waals surface area (Å²) in [5.41, 5.74) is 0.0670. The first-order chi connectivity index (χ1) is 9.95. The molecule has 1 fully saturated rings. The normalized spacial score (nSPS) is 15.8. The van der Waals surface area contributed by atoms with E-state index in [0.29, 0.717) is 26.2 Å². The van der Waals surface area contributed by atoms with E-state index in [0.717, 1.165) is 6.07 Å². The smallest absolute Gasteiger partial charge is 0.322 e. The Labute approximate surface area is 126 Å². The van der Waals surface area contributed by atoms with Gasteiger partial charge in [0, 0.05) is 31.2 Å². The predicted molar refractivity (Wildman–Crippen MR) is 76.1 cm³/mol. The summed E-state index contributed by atoms with van der Waals surface area (Å²) in [5, 5.41) is 11.4. The molecule has 0 atom stereocenters. The second kappa shape index (κ2) is 6.73. The standard InChI is InChI=1S/C13H15ClFN3O3/c14-9-1-2-11(10(15)7-9)16-13(21)18-5-3-17(4-6-18)8-12(19)20/h1-2,7H,3-6,8H2,(H,16,21)(H,19,20). The fraction of sp³-hybridized carbons (Fsp3) is 0.385. The zero-order valence-electron chi connectivity index (χ0n) is 11.2. The number of benzene rings is 1. The van der Waals surface area contributed by atoms with E-state index < -0.39 is 17.8 Å². The summed E-state index contributed by atoms with van der Waals surface area (Å²) in [7, 11) is 0. The van der Waals surface area contributed by atoms with Gasteiger partial charge in [-0.15, -0.1) is 0 Å². The third-order valence-electron chi connectivity index (χ3n) is 3.19. The molecule has 21 heavy (non-hydrogen) atoms. The lowest BCUT2D eigenvalue weighted by molar-refractivity contribution is -0.138. The van der Waals surface area contributed by atoms with E-state index in [4.69, 9.17) is 16.7 Å². The second-order valence-electron chi connectivity index (χ2n) is 4.71. The molecule has 6 nitrogen and oxygen atoms in total. The van der Waals surface area contributed by atoms with Crippen molar-refractivity contribution in [3.63, 3.8) is 0 Å². The summed E-state index contributed by atoms with van der Waals surface area (Å²) in [6.07, 6.45) is 0. The summed E-state index contributed by atoms with van der Waals surface area (Å²) in [6, 6.07) is 3.61. The quantitative estimate of drug-likeness (QED) is 0.890. The summed E-state index contributed by atoms with van der Waals surface area (Å²) < 4.78 is 13.6. The van der Waals surface area contributed by atoms with E-state index in [1.54, 1.807) is 4.90 Å². The number of piperazine rings is 1. The monoisotopic (exact) mass is 315 g/mol. The number of amides is 2. The maximum absolute atomic E-state index is 13.6. The first kappa shape index (κ1) is 15.5. The van der Waals surface area contributed by atoms with E-state index in [-0.39, 0.29) is 17.3 Å². The predicted octanol–water partition coefficient (Wildman–Crippen LogP) is 1.71. The Morgan fingerprint density at radius 1 is 1.29 bits per heavy atom. The molecule has 2 N–H and O–H groups in total. The topological polar surface area (TPSA) is 72.9 Å². The van der Waals surface area contributed by atoms with Crippen molar-refractivity contribution in [2.45, 2.75) is 0 Å². The van der Waals surface area contributed by atoms with Gasteiger partial charge in [0.15, 0.2) is 0 Å². The number of carboxylic acid groups (broad SMARTS) is 1. The van der Waals surface area contributed by atoms with Crippen molar-refractivity contribution in [1.29, 1.82) is 0 Å². The number of carbonyl (C=O) groups is 2. The van der Waals surface area contributed by atoms with Gasteiger partial charge in [-0.25, -0.2) is 9.18 Å². The summed E-state index contributed by atoms with van der Waals surface area (Å²) in [5.74, 6) is -1.49. The highest BCUT2D eigenvalue weighted by Crippen LogP contribution is 2.19. The molecule has 1 aromatic rings. The van der Waals surface area contributed by atoms with Crippen LogP contribution in [0.5, 0.6) is 0 Å². The summed E-state index contributed by atoms with van der Waals surface area (Å²) >= 11 is 5.64. The summed E-state index contributed by atoms with van der Waals surface area (Å²) in [6.45, 7) is 1.70. The third kappa shape index (κ3) is 4.30. The zero-order valence-corrected chi connectivity index (χ0v) is 11.9. The molecule has 0 unspecified atom stereocenters. The number of nitrogens with one attached hydrogen (secondary N) is 1. The molecular formula is C13H15ClFN3O3. The van der Waals surface area contributed by atoms with E-state index >= 15 is 0 Å². The average molecular weight is 316 g/mol. The van der Waals surface area contributed by atoms with Crippen LogP contribution in [-0.2, 0) is 4.79 Å². The van der Waals surface area contributed by atoms with Gasteiger partial charge in [-0.1, -0.05) is 11.6 Å². The van der Waals surface area contributed by atoms with Crippen molar-refractivity contribution in [2.24, 2.45) is 0 Å². The minimum Gasteiger partial charge on any atom is -0.480 e. The molecule has 1 aromatic carbocycles. The number of halogens is 2. The highest BCUT2D eigenvalue weighted by atomic mass is 35.5. The van der Waals surface area contributed by atoms with Gasteiger partial charge < -0.3 is 15.3 Å². The van der Waals surface area contributed by atoms with Crippen LogP contribution in [-0.4, -0.2) is 59.6 Å². The van der Waals surface area contributed by atoms with Crippen molar-refractivity contribution < 1.29 is 19.1 Å². The molecule has 114 valence electrons. The average Bonchev–Trinajstić information content (AvgIpc) is 2.42. The van der Waals surface area contributed by atoms with Gasteiger partial charge in [-0.05, 0) is 18.2 Å². The molecule has 0 aliphatic carbocycles. The van der Waals surface area contributed by atoms with Crippen LogP contribution < -0.4 is 5.32 Å². The summed E-state index contributed by atoms with van der Waals surface area (Å²) in [4.78, 5) is 25.9.